The summed E-state index contributed by atoms with van der Waals surface area (Å²) >= 11 is 0. The van der Waals surface area contributed by atoms with Crippen LogP contribution < -0.4 is 0 Å². The summed E-state index contributed by atoms with van der Waals surface area (Å²) < 4.78 is 20.7. The van der Waals surface area contributed by atoms with E-state index in [-0.39, 0.29) is 11.9 Å². The Morgan fingerprint density at radius 2 is 1.84 bits per heavy atom. The van der Waals surface area contributed by atoms with E-state index in [2.05, 4.69) is 9.52 Å². The summed E-state index contributed by atoms with van der Waals surface area (Å²) in [5.74, 6) is -0.448. The molecule has 0 aromatic rings. The van der Waals surface area contributed by atoms with Gasteiger partial charge in [-0.25, -0.2) is 4.79 Å². The topological polar surface area (TPSA) is 82.0 Å². The first-order chi connectivity index (χ1) is 8.69. The third-order valence-corrected chi connectivity index (χ3v) is 2.86. The Morgan fingerprint density at radius 1 is 1.26 bits per heavy atom. The average molecular weight is 290 g/mol. The first-order valence-electron chi connectivity index (χ1n) is 6.02. The predicted molar refractivity (Wildman–Crippen MR) is 73.1 cm³/mol. The summed E-state index contributed by atoms with van der Waals surface area (Å²) in [6, 6.07) is 0. The molecular weight excluding hydrogens is 269 g/mol. The van der Waals surface area contributed by atoms with Crippen molar-refractivity contribution in [2.45, 2.75) is 46.1 Å². The molecule has 0 aromatic carbocycles. The smallest absolute Gasteiger partial charge is 0.442 e. The zero-order valence-corrected chi connectivity index (χ0v) is 13.0. The van der Waals surface area contributed by atoms with Crippen LogP contribution in [0.2, 0.25) is 0 Å². The number of amides is 1. The van der Waals surface area contributed by atoms with Gasteiger partial charge in [0, 0.05) is 0 Å². The Bertz CT molecular complexity index is 384. The van der Waals surface area contributed by atoms with Crippen molar-refractivity contribution in [1.82, 2.24) is 0 Å². The van der Waals surface area contributed by atoms with Crippen molar-refractivity contribution in [2.24, 2.45) is 4.99 Å². The van der Waals surface area contributed by atoms with Crippen LogP contribution in [-0.4, -0.2) is 36.5 Å². The minimum absolute atomic E-state index is 0.0807. The number of rotatable bonds is 6. The number of hydrogen-bond donors (Lipinski definition) is 0. The quantitative estimate of drug-likeness (QED) is 0.554. The molecule has 1 unspecified atom stereocenters. The van der Waals surface area contributed by atoms with Crippen molar-refractivity contribution >= 4 is 25.6 Å². The molecule has 0 rings (SSSR count). The van der Waals surface area contributed by atoms with Gasteiger partial charge in [0.2, 0.25) is 11.9 Å². The molecule has 0 N–H and O–H groups in total. The van der Waals surface area contributed by atoms with Crippen LogP contribution in [0.1, 0.15) is 40.5 Å². The van der Waals surface area contributed by atoms with Crippen LogP contribution in [0.4, 0.5) is 4.79 Å². The lowest BCUT2D eigenvalue weighted by atomic mass is 10.1. The van der Waals surface area contributed by atoms with Gasteiger partial charge in [-0.15, -0.1) is 4.52 Å². The third-order valence-electron chi connectivity index (χ3n) is 1.90. The van der Waals surface area contributed by atoms with E-state index in [1.165, 1.54) is 7.11 Å². The van der Waals surface area contributed by atoms with Crippen LogP contribution in [0.3, 0.4) is 0 Å². The Balaban J connectivity index is 4.84. The lowest BCUT2D eigenvalue weighted by molar-refractivity contribution is -0.111. The van der Waals surface area contributed by atoms with E-state index in [1.807, 2.05) is 6.92 Å². The molecule has 0 heterocycles. The second kappa shape index (κ2) is 8.12. The molecule has 7 heteroatoms. The standard InChI is InChI=1S/C12H21NO5P/c1-6-7-9(10(14)8-19(16)17-5)13-11(15)18-12(2,3)4/h6-8H2,1-5H3/q+1. The second-order valence-corrected chi connectivity index (χ2v) is 6.23. The SMILES string of the molecule is CCCC(=NC(=O)OC(C)(C)C)C(=O)C[P+](=O)OC. The van der Waals surface area contributed by atoms with Crippen LogP contribution in [0.5, 0.6) is 0 Å². The first-order valence-corrected chi connectivity index (χ1v) is 7.38. The normalized spacial score (nSPS) is 13.1. The molecule has 1 amide bonds. The summed E-state index contributed by atoms with van der Waals surface area (Å²) in [6.45, 7) is 6.99. The number of ether oxygens (including phenoxy) is 1. The largest absolute Gasteiger partial charge is 0.516 e. The van der Waals surface area contributed by atoms with Gasteiger partial charge in [-0.3, -0.25) is 4.79 Å². The van der Waals surface area contributed by atoms with Gasteiger partial charge in [0.25, 0.3) is 0 Å². The zero-order chi connectivity index (χ0) is 15.1. The lowest BCUT2D eigenvalue weighted by Gasteiger charge is -2.17. The maximum Gasteiger partial charge on any atom is 0.516 e. The number of hydrogen-bond acceptors (Lipinski definition) is 5. The Hall–Kier alpha value is -1.13. The van der Waals surface area contributed by atoms with Gasteiger partial charge in [0.1, 0.15) is 5.60 Å². The van der Waals surface area contributed by atoms with Crippen molar-refractivity contribution in [2.75, 3.05) is 13.3 Å². The van der Waals surface area contributed by atoms with Crippen LogP contribution in [-0.2, 0) is 18.6 Å². The molecule has 0 aliphatic rings. The molecule has 0 saturated carbocycles. The van der Waals surface area contributed by atoms with Crippen LogP contribution in [0, 0.1) is 0 Å². The van der Waals surface area contributed by atoms with Crippen molar-refractivity contribution in [3.05, 3.63) is 0 Å². The highest BCUT2D eigenvalue weighted by molar-refractivity contribution is 7.40. The highest BCUT2D eigenvalue weighted by atomic mass is 31.1. The Kier molecular flexibility index (Phi) is 7.64. The van der Waals surface area contributed by atoms with Crippen molar-refractivity contribution in [1.29, 1.82) is 0 Å². The molecule has 0 fully saturated rings. The number of carbonyl (C=O) groups is 2. The van der Waals surface area contributed by atoms with E-state index in [0.717, 1.165) is 0 Å². The molecule has 0 saturated heterocycles. The minimum Gasteiger partial charge on any atom is -0.442 e. The molecule has 108 valence electrons. The fourth-order valence-electron chi connectivity index (χ4n) is 1.16. The van der Waals surface area contributed by atoms with Gasteiger partial charge in [-0.05, 0) is 31.8 Å². The molecule has 0 bridgehead atoms. The average Bonchev–Trinajstić information content (AvgIpc) is 2.25. The molecule has 0 radical (unpaired) electrons. The summed E-state index contributed by atoms with van der Waals surface area (Å²) in [6.07, 6.45) is -0.0906. The molecule has 0 aliphatic heterocycles. The van der Waals surface area contributed by atoms with Gasteiger partial charge < -0.3 is 4.74 Å². The molecule has 0 aliphatic carbocycles. The molecule has 19 heavy (non-hydrogen) atoms. The molecule has 0 spiro atoms. The van der Waals surface area contributed by atoms with Crippen LogP contribution in [0.15, 0.2) is 4.99 Å². The van der Waals surface area contributed by atoms with E-state index in [9.17, 15) is 14.2 Å². The summed E-state index contributed by atoms with van der Waals surface area (Å²) in [5, 5.41) is 0. The first kappa shape index (κ1) is 17.9. The van der Waals surface area contributed by atoms with E-state index >= 15 is 0 Å². The maximum atomic E-state index is 11.8. The van der Waals surface area contributed by atoms with E-state index < -0.39 is 25.5 Å². The third kappa shape index (κ3) is 8.56. The zero-order valence-electron chi connectivity index (χ0n) is 12.1. The lowest BCUT2D eigenvalue weighted by Crippen LogP contribution is -2.24. The van der Waals surface area contributed by atoms with Gasteiger partial charge in [0.15, 0.2) is 0 Å². The molecule has 6 nitrogen and oxygen atoms in total. The number of ketones is 1. The highest BCUT2D eigenvalue weighted by Crippen LogP contribution is 2.20. The Labute approximate surface area is 114 Å². The fourth-order valence-corrected chi connectivity index (χ4v) is 1.71. The second-order valence-electron chi connectivity index (χ2n) is 4.89. The Morgan fingerprint density at radius 3 is 2.26 bits per heavy atom. The van der Waals surface area contributed by atoms with Gasteiger partial charge in [-0.2, -0.15) is 4.99 Å². The van der Waals surface area contributed by atoms with Gasteiger partial charge in [0.05, 0.1) is 12.8 Å². The summed E-state index contributed by atoms with van der Waals surface area (Å²) in [7, 11) is -0.785. The van der Waals surface area contributed by atoms with E-state index in [4.69, 9.17) is 4.74 Å². The van der Waals surface area contributed by atoms with Crippen molar-refractivity contribution in [3.8, 4) is 0 Å². The van der Waals surface area contributed by atoms with Crippen molar-refractivity contribution in [3.63, 3.8) is 0 Å². The number of carbonyl (C=O) groups excluding carboxylic acids is 2. The number of aliphatic imine (C=N–C) groups is 1. The maximum absolute atomic E-state index is 11.8. The molecule has 0 aromatic heterocycles. The summed E-state index contributed by atoms with van der Waals surface area (Å²) in [5.41, 5.74) is -0.587. The van der Waals surface area contributed by atoms with Crippen LogP contribution >= 0.6 is 8.03 Å². The number of nitrogens with zero attached hydrogens (tertiary/aromatic N) is 1. The summed E-state index contributed by atoms with van der Waals surface area (Å²) in [4.78, 5) is 27.0. The molecular formula is C12H21NO5P+. The fraction of sp³-hybridized carbons (Fsp3) is 0.750. The van der Waals surface area contributed by atoms with Crippen LogP contribution in [0.25, 0.3) is 0 Å². The van der Waals surface area contributed by atoms with Gasteiger partial charge in [-0.1, -0.05) is 13.3 Å². The van der Waals surface area contributed by atoms with E-state index in [1.54, 1.807) is 20.8 Å². The molecule has 1 atom stereocenters. The monoisotopic (exact) mass is 290 g/mol. The predicted octanol–water partition coefficient (Wildman–Crippen LogP) is 3.12. The van der Waals surface area contributed by atoms with Crippen molar-refractivity contribution < 1.29 is 23.4 Å². The highest BCUT2D eigenvalue weighted by Gasteiger charge is 2.26. The number of Topliss-reactive ketones (excluding diaryl/α,β-unsaturated/α-hetero) is 1. The van der Waals surface area contributed by atoms with E-state index in [0.29, 0.717) is 12.8 Å². The minimum atomic E-state index is -2.05. The van der Waals surface area contributed by atoms with Gasteiger partial charge >= 0.3 is 14.1 Å².